The number of aliphatic hydroxyl groups is 1. The molecule has 0 aromatic heterocycles. The molecule has 1 fully saturated rings. The number of piperidine rings is 1. The molecular formula is C13H19FN2O2. The molecule has 0 unspecified atom stereocenters. The van der Waals surface area contributed by atoms with Gasteiger partial charge in [0.2, 0.25) is 0 Å². The van der Waals surface area contributed by atoms with E-state index in [2.05, 4.69) is 4.90 Å². The maximum atomic E-state index is 13.5. The van der Waals surface area contributed by atoms with Gasteiger partial charge in [-0.25, -0.2) is 4.39 Å². The van der Waals surface area contributed by atoms with Crippen molar-refractivity contribution in [1.82, 2.24) is 0 Å². The van der Waals surface area contributed by atoms with Gasteiger partial charge in [0.05, 0.1) is 24.1 Å². The number of nitrogens with zero attached hydrogens (tertiary/aromatic N) is 1. The average molecular weight is 254 g/mol. The SMILES string of the molecule is COc1cc(N2CCC(C)(O)CC2)c(N)cc1F. The number of anilines is 2. The maximum absolute atomic E-state index is 13.5. The Labute approximate surface area is 106 Å². The number of nitrogens with two attached hydrogens (primary N) is 1. The van der Waals surface area contributed by atoms with Crippen LogP contribution in [0.25, 0.3) is 0 Å². The number of methoxy groups -OCH3 is 1. The van der Waals surface area contributed by atoms with Crippen LogP contribution in [-0.4, -0.2) is 30.9 Å². The molecule has 1 aliphatic rings. The lowest BCUT2D eigenvalue weighted by atomic mass is 9.93. The first-order valence-electron chi connectivity index (χ1n) is 6.03. The van der Waals surface area contributed by atoms with Gasteiger partial charge in [0.15, 0.2) is 11.6 Å². The highest BCUT2D eigenvalue weighted by Crippen LogP contribution is 2.34. The van der Waals surface area contributed by atoms with Crippen molar-refractivity contribution in [2.45, 2.75) is 25.4 Å². The fourth-order valence-corrected chi connectivity index (χ4v) is 2.22. The summed E-state index contributed by atoms with van der Waals surface area (Å²) in [6.07, 6.45) is 1.35. The third-order valence-corrected chi connectivity index (χ3v) is 3.48. The highest BCUT2D eigenvalue weighted by Gasteiger charge is 2.28. The second-order valence-corrected chi connectivity index (χ2v) is 5.03. The average Bonchev–Trinajstić information content (AvgIpc) is 2.30. The molecule has 3 N–H and O–H groups in total. The van der Waals surface area contributed by atoms with Crippen LogP contribution in [0.1, 0.15) is 19.8 Å². The first kappa shape index (κ1) is 13.0. The van der Waals surface area contributed by atoms with E-state index in [1.807, 2.05) is 6.92 Å². The van der Waals surface area contributed by atoms with Crippen molar-refractivity contribution in [2.75, 3.05) is 30.8 Å². The number of halogens is 1. The zero-order valence-corrected chi connectivity index (χ0v) is 10.7. The quantitative estimate of drug-likeness (QED) is 0.790. The summed E-state index contributed by atoms with van der Waals surface area (Å²) in [5.74, 6) is -0.265. The van der Waals surface area contributed by atoms with E-state index in [-0.39, 0.29) is 5.75 Å². The summed E-state index contributed by atoms with van der Waals surface area (Å²) in [6.45, 7) is 3.23. The Morgan fingerprint density at radius 3 is 2.56 bits per heavy atom. The minimum absolute atomic E-state index is 0.191. The molecule has 1 saturated heterocycles. The lowest BCUT2D eigenvalue weighted by molar-refractivity contribution is 0.0351. The van der Waals surface area contributed by atoms with Crippen LogP contribution in [0.4, 0.5) is 15.8 Å². The summed E-state index contributed by atoms with van der Waals surface area (Å²) in [4.78, 5) is 2.05. The van der Waals surface area contributed by atoms with Crippen molar-refractivity contribution in [3.8, 4) is 5.75 Å². The van der Waals surface area contributed by atoms with Crippen LogP contribution in [0.2, 0.25) is 0 Å². The largest absolute Gasteiger partial charge is 0.494 e. The van der Waals surface area contributed by atoms with E-state index >= 15 is 0 Å². The van der Waals surface area contributed by atoms with E-state index in [1.54, 1.807) is 6.07 Å². The lowest BCUT2D eigenvalue weighted by Gasteiger charge is -2.37. The van der Waals surface area contributed by atoms with Crippen LogP contribution in [0.15, 0.2) is 12.1 Å². The fraction of sp³-hybridized carbons (Fsp3) is 0.538. The van der Waals surface area contributed by atoms with Crippen LogP contribution in [0.3, 0.4) is 0 Å². The molecule has 0 amide bonds. The van der Waals surface area contributed by atoms with Crippen LogP contribution >= 0.6 is 0 Å². The number of rotatable bonds is 2. The second-order valence-electron chi connectivity index (χ2n) is 5.03. The van der Waals surface area contributed by atoms with Gasteiger partial charge in [-0.05, 0) is 19.8 Å². The molecule has 18 heavy (non-hydrogen) atoms. The highest BCUT2D eigenvalue weighted by atomic mass is 19.1. The van der Waals surface area contributed by atoms with E-state index in [0.29, 0.717) is 31.6 Å². The summed E-state index contributed by atoms with van der Waals surface area (Å²) in [5.41, 5.74) is 6.39. The van der Waals surface area contributed by atoms with Gasteiger partial charge in [0.25, 0.3) is 0 Å². The van der Waals surface area contributed by atoms with Gasteiger partial charge in [-0.2, -0.15) is 0 Å². The van der Waals surface area contributed by atoms with Crippen molar-refractivity contribution >= 4 is 11.4 Å². The molecule has 2 rings (SSSR count). The van der Waals surface area contributed by atoms with Gasteiger partial charge in [0.1, 0.15) is 0 Å². The molecular weight excluding hydrogens is 235 g/mol. The molecule has 0 aliphatic carbocycles. The van der Waals surface area contributed by atoms with Crippen molar-refractivity contribution < 1.29 is 14.2 Å². The van der Waals surface area contributed by atoms with Crippen molar-refractivity contribution in [3.05, 3.63) is 17.9 Å². The van der Waals surface area contributed by atoms with Crippen LogP contribution in [0.5, 0.6) is 5.75 Å². The van der Waals surface area contributed by atoms with Crippen molar-refractivity contribution in [1.29, 1.82) is 0 Å². The summed E-state index contributed by atoms with van der Waals surface area (Å²) < 4.78 is 18.4. The number of hydrogen-bond acceptors (Lipinski definition) is 4. The van der Waals surface area contributed by atoms with E-state index < -0.39 is 11.4 Å². The first-order chi connectivity index (χ1) is 8.43. The van der Waals surface area contributed by atoms with Crippen LogP contribution in [-0.2, 0) is 0 Å². The molecule has 100 valence electrons. The fourth-order valence-electron chi connectivity index (χ4n) is 2.22. The van der Waals surface area contributed by atoms with E-state index in [0.717, 1.165) is 5.69 Å². The van der Waals surface area contributed by atoms with Gasteiger partial charge < -0.3 is 20.5 Å². The Morgan fingerprint density at radius 1 is 1.39 bits per heavy atom. The molecule has 0 radical (unpaired) electrons. The molecule has 0 atom stereocenters. The van der Waals surface area contributed by atoms with Crippen molar-refractivity contribution in [2.24, 2.45) is 0 Å². The molecule has 1 heterocycles. The third kappa shape index (κ3) is 2.51. The maximum Gasteiger partial charge on any atom is 0.167 e. The summed E-state index contributed by atoms with van der Waals surface area (Å²) in [7, 11) is 1.43. The van der Waals surface area contributed by atoms with Gasteiger partial charge in [-0.15, -0.1) is 0 Å². The Balaban J connectivity index is 2.24. The molecule has 1 aliphatic heterocycles. The molecule has 0 spiro atoms. The summed E-state index contributed by atoms with van der Waals surface area (Å²) >= 11 is 0. The Hall–Kier alpha value is -1.49. The summed E-state index contributed by atoms with van der Waals surface area (Å²) in [5, 5.41) is 9.91. The molecule has 1 aromatic rings. The minimum atomic E-state index is -0.616. The van der Waals surface area contributed by atoms with Gasteiger partial charge in [0, 0.05) is 25.2 Å². The van der Waals surface area contributed by atoms with Crippen molar-refractivity contribution in [3.63, 3.8) is 0 Å². The number of benzene rings is 1. The second kappa shape index (κ2) is 4.65. The monoisotopic (exact) mass is 254 g/mol. The molecule has 1 aromatic carbocycles. The first-order valence-corrected chi connectivity index (χ1v) is 6.03. The minimum Gasteiger partial charge on any atom is -0.494 e. The van der Waals surface area contributed by atoms with E-state index in [1.165, 1.54) is 13.2 Å². The summed E-state index contributed by atoms with van der Waals surface area (Å²) in [6, 6.07) is 2.89. The van der Waals surface area contributed by atoms with Crippen LogP contribution in [0, 0.1) is 5.82 Å². The van der Waals surface area contributed by atoms with E-state index in [4.69, 9.17) is 10.5 Å². The number of hydrogen-bond donors (Lipinski definition) is 2. The van der Waals surface area contributed by atoms with Gasteiger partial charge in [-0.3, -0.25) is 0 Å². The number of ether oxygens (including phenoxy) is 1. The van der Waals surface area contributed by atoms with Gasteiger partial charge >= 0.3 is 0 Å². The molecule has 0 saturated carbocycles. The van der Waals surface area contributed by atoms with Crippen LogP contribution < -0.4 is 15.4 Å². The number of nitrogen functional groups attached to an aromatic ring is 1. The predicted octanol–water partition coefficient (Wildman–Crippen LogP) is 1.77. The predicted molar refractivity (Wildman–Crippen MR) is 69.4 cm³/mol. The van der Waals surface area contributed by atoms with Gasteiger partial charge in [-0.1, -0.05) is 0 Å². The zero-order chi connectivity index (χ0) is 13.3. The highest BCUT2D eigenvalue weighted by molar-refractivity contribution is 5.70. The normalized spacial score (nSPS) is 18.8. The lowest BCUT2D eigenvalue weighted by Crippen LogP contribution is -2.42. The standard InChI is InChI=1S/C13H19FN2O2/c1-13(17)3-5-16(6-4-13)11-8-12(18-2)9(14)7-10(11)15/h7-8,17H,3-6,15H2,1-2H3. The third-order valence-electron chi connectivity index (χ3n) is 3.48. The zero-order valence-electron chi connectivity index (χ0n) is 10.7. The molecule has 4 nitrogen and oxygen atoms in total. The Bertz CT molecular complexity index is 439. The van der Waals surface area contributed by atoms with E-state index in [9.17, 15) is 9.50 Å². The molecule has 0 bridgehead atoms. The Morgan fingerprint density at radius 2 is 2.00 bits per heavy atom. The smallest absolute Gasteiger partial charge is 0.167 e. The molecule has 5 heteroatoms. The topological polar surface area (TPSA) is 58.7 Å². The Kier molecular flexibility index (Phi) is 3.34.